The highest BCUT2D eigenvalue weighted by Gasteiger charge is 2.20. The summed E-state index contributed by atoms with van der Waals surface area (Å²) in [4.78, 5) is 7.35. The van der Waals surface area contributed by atoms with Crippen molar-refractivity contribution in [1.29, 1.82) is 0 Å². The number of nitrogens with two attached hydrogens (primary N) is 1. The third kappa shape index (κ3) is 5.62. The van der Waals surface area contributed by atoms with Crippen LogP contribution in [0.25, 0.3) is 11.3 Å². The van der Waals surface area contributed by atoms with Crippen molar-refractivity contribution < 1.29 is 14.6 Å². The first-order valence-corrected chi connectivity index (χ1v) is 10.8. The number of aliphatic hydroxyl groups is 1. The molecule has 0 bridgehead atoms. The van der Waals surface area contributed by atoms with Crippen molar-refractivity contribution in [2.75, 3.05) is 49.7 Å². The summed E-state index contributed by atoms with van der Waals surface area (Å²) in [6, 6.07) is 10.3. The molecule has 7 heteroatoms. The minimum atomic E-state index is -0.676. The predicted octanol–water partition coefficient (Wildman–Crippen LogP) is 2.67. The minimum Gasteiger partial charge on any atom is -0.491 e. The molecular formula is C23H34N4O3. The standard InChI is InChI=1S/C23H34N4O3/c1-4-20-22(27-8-10-29-11-9-27)13-21(26-23(20)25-16(2)3)17-6-5-7-19(12-17)30-15-18(28)14-24/h5-7,12-13,16,18,28H,4,8-11,14-15,24H2,1-3H3,(H,25,26)/t18-/m0/s1. The zero-order chi connectivity index (χ0) is 21.5. The van der Waals surface area contributed by atoms with E-state index in [0.717, 1.165) is 49.8 Å². The first-order valence-electron chi connectivity index (χ1n) is 10.8. The number of aliphatic hydroxyl groups excluding tert-OH is 1. The molecule has 1 atom stereocenters. The van der Waals surface area contributed by atoms with Crippen molar-refractivity contribution in [3.05, 3.63) is 35.9 Å². The molecule has 0 saturated carbocycles. The second-order valence-electron chi connectivity index (χ2n) is 7.83. The van der Waals surface area contributed by atoms with Gasteiger partial charge in [-0.05, 0) is 38.5 Å². The Labute approximate surface area is 179 Å². The van der Waals surface area contributed by atoms with E-state index in [2.05, 4.69) is 37.1 Å². The molecule has 3 rings (SSSR count). The van der Waals surface area contributed by atoms with Crippen LogP contribution in [0, 0.1) is 0 Å². The number of ether oxygens (including phenoxy) is 2. The molecule has 0 amide bonds. The highest BCUT2D eigenvalue weighted by Crippen LogP contribution is 2.34. The summed E-state index contributed by atoms with van der Waals surface area (Å²) in [5, 5.41) is 13.2. The number of nitrogens with zero attached hydrogens (tertiary/aromatic N) is 2. The van der Waals surface area contributed by atoms with Gasteiger partial charge in [-0.3, -0.25) is 0 Å². The molecule has 0 unspecified atom stereocenters. The van der Waals surface area contributed by atoms with E-state index in [1.54, 1.807) is 0 Å². The van der Waals surface area contributed by atoms with Gasteiger partial charge in [0.05, 0.1) is 18.9 Å². The van der Waals surface area contributed by atoms with Crippen LogP contribution in [0.3, 0.4) is 0 Å². The maximum atomic E-state index is 9.68. The summed E-state index contributed by atoms with van der Waals surface area (Å²) in [6.45, 7) is 9.98. The van der Waals surface area contributed by atoms with E-state index in [0.29, 0.717) is 5.75 Å². The zero-order valence-electron chi connectivity index (χ0n) is 18.2. The lowest BCUT2D eigenvalue weighted by Crippen LogP contribution is -2.37. The van der Waals surface area contributed by atoms with Gasteiger partial charge in [0.25, 0.3) is 0 Å². The van der Waals surface area contributed by atoms with Crippen molar-refractivity contribution in [2.24, 2.45) is 5.73 Å². The van der Waals surface area contributed by atoms with E-state index in [1.165, 1.54) is 11.3 Å². The van der Waals surface area contributed by atoms with E-state index < -0.39 is 6.10 Å². The van der Waals surface area contributed by atoms with Crippen molar-refractivity contribution >= 4 is 11.5 Å². The molecular weight excluding hydrogens is 380 g/mol. The van der Waals surface area contributed by atoms with Gasteiger partial charge in [-0.25, -0.2) is 4.98 Å². The molecule has 4 N–H and O–H groups in total. The Morgan fingerprint density at radius 1 is 1.27 bits per heavy atom. The lowest BCUT2D eigenvalue weighted by atomic mass is 10.0. The van der Waals surface area contributed by atoms with Gasteiger partial charge in [-0.2, -0.15) is 0 Å². The third-order valence-corrected chi connectivity index (χ3v) is 5.08. The number of aromatic nitrogens is 1. The Kier molecular flexibility index (Phi) is 7.90. The number of rotatable bonds is 9. The minimum absolute atomic E-state index is 0.168. The van der Waals surface area contributed by atoms with Crippen LogP contribution in [0.5, 0.6) is 5.75 Å². The average molecular weight is 415 g/mol. The van der Waals surface area contributed by atoms with E-state index in [4.69, 9.17) is 20.2 Å². The van der Waals surface area contributed by atoms with Gasteiger partial charge in [0.15, 0.2) is 0 Å². The van der Waals surface area contributed by atoms with Crippen LogP contribution in [-0.4, -0.2) is 61.7 Å². The highest BCUT2D eigenvalue weighted by molar-refractivity contribution is 5.74. The molecule has 1 fully saturated rings. The molecule has 1 saturated heterocycles. The Morgan fingerprint density at radius 2 is 2.03 bits per heavy atom. The van der Waals surface area contributed by atoms with Crippen LogP contribution in [0.1, 0.15) is 26.3 Å². The van der Waals surface area contributed by atoms with Crippen molar-refractivity contribution in [3.63, 3.8) is 0 Å². The SMILES string of the molecule is CCc1c(N2CCOCC2)cc(-c2cccc(OC[C@@H](O)CN)c2)nc1NC(C)C. The van der Waals surface area contributed by atoms with Crippen LogP contribution in [0.4, 0.5) is 11.5 Å². The Hall–Kier alpha value is -2.35. The summed E-state index contributed by atoms with van der Waals surface area (Å²) >= 11 is 0. The molecule has 2 aromatic rings. The maximum Gasteiger partial charge on any atom is 0.132 e. The summed E-state index contributed by atoms with van der Waals surface area (Å²) < 4.78 is 11.3. The summed E-state index contributed by atoms with van der Waals surface area (Å²) in [7, 11) is 0. The molecule has 30 heavy (non-hydrogen) atoms. The molecule has 1 aliphatic rings. The second kappa shape index (κ2) is 10.6. The van der Waals surface area contributed by atoms with Crippen molar-refractivity contribution in [1.82, 2.24) is 4.98 Å². The Morgan fingerprint density at radius 3 is 2.70 bits per heavy atom. The molecule has 164 valence electrons. The summed E-state index contributed by atoms with van der Waals surface area (Å²) in [6.07, 6.45) is 0.222. The molecule has 7 nitrogen and oxygen atoms in total. The Bertz CT molecular complexity index is 822. The van der Waals surface area contributed by atoms with Crippen molar-refractivity contribution in [2.45, 2.75) is 39.3 Å². The second-order valence-corrected chi connectivity index (χ2v) is 7.83. The fraction of sp³-hybridized carbons (Fsp3) is 0.522. The smallest absolute Gasteiger partial charge is 0.132 e. The van der Waals surface area contributed by atoms with Crippen LogP contribution in [-0.2, 0) is 11.2 Å². The van der Waals surface area contributed by atoms with E-state index in [9.17, 15) is 5.11 Å². The predicted molar refractivity (Wildman–Crippen MR) is 121 cm³/mol. The largest absolute Gasteiger partial charge is 0.491 e. The van der Waals surface area contributed by atoms with Crippen LogP contribution in [0.15, 0.2) is 30.3 Å². The zero-order valence-corrected chi connectivity index (χ0v) is 18.2. The van der Waals surface area contributed by atoms with Crippen molar-refractivity contribution in [3.8, 4) is 17.0 Å². The Balaban J connectivity index is 1.99. The number of anilines is 2. The number of nitrogens with one attached hydrogen (secondary N) is 1. The number of benzene rings is 1. The molecule has 2 heterocycles. The van der Waals surface area contributed by atoms with Gasteiger partial charge in [-0.1, -0.05) is 19.1 Å². The monoisotopic (exact) mass is 414 g/mol. The molecule has 0 radical (unpaired) electrons. The van der Waals surface area contributed by atoms with Crippen LogP contribution >= 0.6 is 0 Å². The lowest BCUT2D eigenvalue weighted by Gasteiger charge is -2.32. The van der Waals surface area contributed by atoms with Gasteiger partial charge in [0.1, 0.15) is 24.3 Å². The van der Waals surface area contributed by atoms with Crippen LogP contribution < -0.4 is 20.7 Å². The fourth-order valence-corrected chi connectivity index (χ4v) is 3.54. The highest BCUT2D eigenvalue weighted by atomic mass is 16.5. The van der Waals surface area contributed by atoms with E-state index in [-0.39, 0.29) is 19.2 Å². The lowest BCUT2D eigenvalue weighted by molar-refractivity contribution is 0.114. The topological polar surface area (TPSA) is 92.9 Å². The molecule has 0 aliphatic carbocycles. The molecule has 1 aromatic heterocycles. The van der Waals surface area contributed by atoms with E-state index >= 15 is 0 Å². The van der Waals surface area contributed by atoms with Gasteiger partial charge >= 0.3 is 0 Å². The number of pyridine rings is 1. The molecule has 0 spiro atoms. The molecule has 1 aromatic carbocycles. The van der Waals surface area contributed by atoms with Gasteiger partial charge in [0.2, 0.25) is 0 Å². The first kappa shape index (κ1) is 22.3. The number of morpholine rings is 1. The van der Waals surface area contributed by atoms with Crippen LogP contribution in [0.2, 0.25) is 0 Å². The summed E-state index contributed by atoms with van der Waals surface area (Å²) in [5.74, 6) is 1.61. The van der Waals surface area contributed by atoms with E-state index in [1.807, 2.05) is 24.3 Å². The molecule has 1 aliphatic heterocycles. The summed E-state index contributed by atoms with van der Waals surface area (Å²) in [5.41, 5.74) is 9.77. The van der Waals surface area contributed by atoms with Gasteiger partial charge in [-0.15, -0.1) is 0 Å². The number of hydrogen-bond donors (Lipinski definition) is 3. The van der Waals surface area contributed by atoms with Gasteiger partial charge < -0.3 is 30.5 Å². The fourth-order valence-electron chi connectivity index (χ4n) is 3.54. The normalized spacial score (nSPS) is 15.3. The quantitative estimate of drug-likeness (QED) is 0.581. The first-order chi connectivity index (χ1) is 14.5. The average Bonchev–Trinajstić information content (AvgIpc) is 2.77. The number of hydrogen-bond acceptors (Lipinski definition) is 7. The van der Waals surface area contributed by atoms with Gasteiger partial charge in [0, 0.05) is 42.5 Å². The third-order valence-electron chi connectivity index (χ3n) is 5.08. The maximum absolute atomic E-state index is 9.68.